The normalized spacial score (nSPS) is 11.2. The molecule has 0 aliphatic rings. The molecule has 0 fully saturated rings. The molecule has 0 atom stereocenters. The Kier molecular flexibility index (Phi) is 3.26. The summed E-state index contributed by atoms with van der Waals surface area (Å²) in [5.41, 5.74) is 0.946. The standard InChI is InChI=1S/C11H11N3O4S/c1-7-4-8(11(15)16)2-3-10(7)14-19(17,18)9-5-12-13-6-9/h2-6,14H,1H3,(H,12,13)(H,15,16). The number of carboxylic acids is 1. The van der Waals surface area contributed by atoms with Crippen LogP contribution in [0.4, 0.5) is 5.69 Å². The number of aromatic amines is 1. The van der Waals surface area contributed by atoms with Crippen molar-refractivity contribution in [3.63, 3.8) is 0 Å². The Bertz CT molecular complexity index is 708. The zero-order valence-electron chi connectivity index (χ0n) is 9.91. The van der Waals surface area contributed by atoms with Crippen LogP contribution in [0.25, 0.3) is 0 Å². The fourth-order valence-electron chi connectivity index (χ4n) is 1.50. The molecule has 0 amide bonds. The summed E-state index contributed by atoms with van der Waals surface area (Å²) in [4.78, 5) is 10.8. The van der Waals surface area contributed by atoms with Gasteiger partial charge in [-0.15, -0.1) is 0 Å². The second kappa shape index (κ2) is 4.73. The van der Waals surface area contributed by atoms with Crippen LogP contribution in [-0.4, -0.2) is 29.7 Å². The van der Waals surface area contributed by atoms with Crippen molar-refractivity contribution in [1.29, 1.82) is 0 Å². The average molecular weight is 281 g/mol. The van der Waals surface area contributed by atoms with Gasteiger partial charge in [-0.1, -0.05) is 0 Å². The monoisotopic (exact) mass is 281 g/mol. The molecule has 0 spiro atoms. The molecule has 19 heavy (non-hydrogen) atoms. The van der Waals surface area contributed by atoms with Gasteiger partial charge in [-0.3, -0.25) is 9.82 Å². The van der Waals surface area contributed by atoms with Crippen LogP contribution in [0.15, 0.2) is 35.5 Å². The lowest BCUT2D eigenvalue weighted by molar-refractivity contribution is 0.0697. The maximum atomic E-state index is 11.9. The Labute approximate surface area is 109 Å². The number of nitrogens with zero attached hydrogens (tertiary/aromatic N) is 1. The summed E-state index contributed by atoms with van der Waals surface area (Å²) in [6.07, 6.45) is 2.44. The van der Waals surface area contributed by atoms with E-state index in [2.05, 4.69) is 14.9 Å². The molecule has 0 saturated carbocycles. The number of nitrogens with one attached hydrogen (secondary N) is 2. The summed E-state index contributed by atoms with van der Waals surface area (Å²) < 4.78 is 26.3. The molecule has 7 nitrogen and oxygen atoms in total. The van der Waals surface area contributed by atoms with Gasteiger partial charge in [0.05, 0.1) is 17.4 Å². The van der Waals surface area contributed by atoms with Crippen molar-refractivity contribution in [2.45, 2.75) is 11.8 Å². The number of rotatable bonds is 4. The Morgan fingerprint density at radius 1 is 1.42 bits per heavy atom. The molecule has 1 aromatic carbocycles. The van der Waals surface area contributed by atoms with Crippen molar-refractivity contribution < 1.29 is 18.3 Å². The summed E-state index contributed by atoms with van der Waals surface area (Å²) in [6.45, 7) is 1.62. The number of aromatic carboxylic acids is 1. The largest absolute Gasteiger partial charge is 0.478 e. The molecular weight excluding hydrogens is 270 g/mol. The third kappa shape index (κ3) is 2.74. The topological polar surface area (TPSA) is 112 Å². The van der Waals surface area contributed by atoms with E-state index in [4.69, 9.17) is 5.11 Å². The molecule has 0 saturated heterocycles. The maximum Gasteiger partial charge on any atom is 0.335 e. The van der Waals surface area contributed by atoms with E-state index in [9.17, 15) is 13.2 Å². The van der Waals surface area contributed by atoms with E-state index in [1.54, 1.807) is 6.92 Å². The van der Waals surface area contributed by atoms with Crippen molar-refractivity contribution in [2.24, 2.45) is 0 Å². The summed E-state index contributed by atoms with van der Waals surface area (Å²) in [6, 6.07) is 4.15. The van der Waals surface area contributed by atoms with Crippen LogP contribution in [0.5, 0.6) is 0 Å². The number of hydrogen-bond acceptors (Lipinski definition) is 4. The summed E-state index contributed by atoms with van der Waals surface area (Å²) >= 11 is 0. The van der Waals surface area contributed by atoms with Gasteiger partial charge < -0.3 is 5.11 Å². The number of hydrogen-bond donors (Lipinski definition) is 3. The van der Waals surface area contributed by atoms with Gasteiger partial charge in [0, 0.05) is 6.20 Å². The number of aryl methyl sites for hydroxylation is 1. The number of anilines is 1. The molecule has 2 rings (SSSR count). The molecule has 0 aliphatic carbocycles. The molecular formula is C11H11N3O4S. The molecule has 100 valence electrons. The zero-order valence-corrected chi connectivity index (χ0v) is 10.7. The highest BCUT2D eigenvalue weighted by atomic mass is 32.2. The summed E-state index contributed by atoms with van der Waals surface area (Å²) in [5, 5.41) is 14.8. The van der Waals surface area contributed by atoms with E-state index >= 15 is 0 Å². The van der Waals surface area contributed by atoms with Gasteiger partial charge in [0.15, 0.2) is 0 Å². The quantitative estimate of drug-likeness (QED) is 0.780. The van der Waals surface area contributed by atoms with Gasteiger partial charge in [-0.25, -0.2) is 13.2 Å². The third-order valence-corrected chi connectivity index (χ3v) is 3.83. The van der Waals surface area contributed by atoms with Gasteiger partial charge in [0.1, 0.15) is 4.90 Å². The van der Waals surface area contributed by atoms with Crippen molar-refractivity contribution in [2.75, 3.05) is 4.72 Å². The first-order valence-corrected chi connectivity index (χ1v) is 6.74. The number of carbonyl (C=O) groups is 1. The number of benzene rings is 1. The lowest BCUT2D eigenvalue weighted by Gasteiger charge is -2.09. The van der Waals surface area contributed by atoms with Crippen molar-refractivity contribution in [1.82, 2.24) is 10.2 Å². The van der Waals surface area contributed by atoms with E-state index in [1.165, 1.54) is 30.6 Å². The number of carboxylic acid groups (broad SMARTS) is 1. The van der Waals surface area contributed by atoms with Gasteiger partial charge in [-0.2, -0.15) is 5.10 Å². The lowest BCUT2D eigenvalue weighted by atomic mass is 10.1. The Balaban J connectivity index is 2.32. The van der Waals surface area contributed by atoms with Crippen molar-refractivity contribution >= 4 is 21.7 Å². The number of sulfonamides is 1. The molecule has 2 aromatic rings. The minimum absolute atomic E-state index is 0.00853. The SMILES string of the molecule is Cc1cc(C(=O)O)ccc1NS(=O)(=O)c1cn[nH]c1. The molecule has 1 heterocycles. The smallest absolute Gasteiger partial charge is 0.335 e. The van der Waals surface area contributed by atoms with Crippen molar-refractivity contribution in [3.05, 3.63) is 41.7 Å². The van der Waals surface area contributed by atoms with Gasteiger partial charge in [0.25, 0.3) is 10.0 Å². The fourth-order valence-corrected chi connectivity index (χ4v) is 2.54. The highest BCUT2D eigenvalue weighted by Gasteiger charge is 2.16. The zero-order chi connectivity index (χ0) is 14.0. The van der Waals surface area contributed by atoms with Crippen molar-refractivity contribution in [3.8, 4) is 0 Å². The van der Waals surface area contributed by atoms with E-state index in [-0.39, 0.29) is 10.5 Å². The second-order valence-corrected chi connectivity index (χ2v) is 5.56. The maximum absolute atomic E-state index is 11.9. The Morgan fingerprint density at radius 2 is 2.16 bits per heavy atom. The first-order chi connectivity index (χ1) is 8.90. The predicted molar refractivity (Wildman–Crippen MR) is 67.5 cm³/mol. The van der Waals surface area contributed by atoms with Gasteiger partial charge in [0.2, 0.25) is 0 Å². The fraction of sp³-hybridized carbons (Fsp3) is 0.0909. The molecule has 0 radical (unpaired) electrons. The molecule has 0 bridgehead atoms. The molecule has 3 N–H and O–H groups in total. The first kappa shape index (κ1) is 13.1. The van der Waals surface area contributed by atoms with Crippen LogP contribution < -0.4 is 4.72 Å². The van der Waals surface area contributed by atoms with Crippen LogP contribution in [0.2, 0.25) is 0 Å². The second-order valence-electron chi connectivity index (χ2n) is 3.87. The van der Waals surface area contributed by atoms with Crippen LogP contribution >= 0.6 is 0 Å². The molecule has 0 aliphatic heterocycles. The minimum atomic E-state index is -3.72. The van der Waals surface area contributed by atoms with Crippen LogP contribution in [0.1, 0.15) is 15.9 Å². The molecule has 0 unspecified atom stereocenters. The number of H-pyrrole nitrogens is 1. The van der Waals surface area contributed by atoms with E-state index in [1.807, 2.05) is 0 Å². The van der Waals surface area contributed by atoms with E-state index in [0.29, 0.717) is 11.3 Å². The Hall–Kier alpha value is -2.35. The van der Waals surface area contributed by atoms with Crippen LogP contribution in [0, 0.1) is 6.92 Å². The lowest BCUT2D eigenvalue weighted by Crippen LogP contribution is -2.13. The average Bonchev–Trinajstić information content (AvgIpc) is 2.85. The first-order valence-electron chi connectivity index (χ1n) is 5.26. The third-order valence-electron chi connectivity index (χ3n) is 2.50. The van der Waals surface area contributed by atoms with E-state index in [0.717, 1.165) is 0 Å². The minimum Gasteiger partial charge on any atom is -0.478 e. The Morgan fingerprint density at radius 3 is 2.68 bits per heavy atom. The van der Waals surface area contributed by atoms with Gasteiger partial charge >= 0.3 is 5.97 Å². The molecule has 1 aromatic heterocycles. The predicted octanol–water partition coefficient (Wildman–Crippen LogP) is 1.22. The summed E-state index contributed by atoms with van der Waals surface area (Å²) in [5.74, 6) is -1.06. The number of aromatic nitrogens is 2. The molecule has 8 heteroatoms. The highest BCUT2D eigenvalue weighted by Crippen LogP contribution is 2.20. The summed E-state index contributed by atoms with van der Waals surface area (Å²) in [7, 11) is -3.72. The highest BCUT2D eigenvalue weighted by molar-refractivity contribution is 7.92. The van der Waals surface area contributed by atoms with Gasteiger partial charge in [-0.05, 0) is 30.7 Å². The van der Waals surface area contributed by atoms with Crippen LogP contribution in [-0.2, 0) is 10.0 Å². The van der Waals surface area contributed by atoms with Crippen LogP contribution in [0.3, 0.4) is 0 Å². The van der Waals surface area contributed by atoms with E-state index < -0.39 is 16.0 Å².